The fourth-order valence-corrected chi connectivity index (χ4v) is 3.58. The Morgan fingerprint density at radius 2 is 1.52 bits per heavy atom. The molecule has 6 heteroatoms. The second kappa shape index (κ2) is 8.49. The van der Waals surface area contributed by atoms with Gasteiger partial charge in [0.2, 0.25) is 0 Å². The minimum absolute atomic E-state index is 0.714. The molecule has 2 aromatic carbocycles. The van der Waals surface area contributed by atoms with Crippen LogP contribution >= 0.6 is 0 Å². The van der Waals surface area contributed by atoms with Crippen molar-refractivity contribution in [3.63, 3.8) is 0 Å². The van der Waals surface area contributed by atoms with Crippen LogP contribution in [0, 0.1) is 20.8 Å². The number of rotatable bonds is 5. The second-order valence-corrected chi connectivity index (χ2v) is 7.37. The van der Waals surface area contributed by atoms with Crippen molar-refractivity contribution in [1.29, 1.82) is 0 Å². The molecule has 150 valence electrons. The normalized spacial score (nSPS) is 14.0. The van der Waals surface area contributed by atoms with Gasteiger partial charge in [0.05, 0.1) is 24.6 Å². The fraction of sp³-hybridized carbons (Fsp3) is 0.304. The van der Waals surface area contributed by atoms with Crippen LogP contribution in [-0.2, 0) is 4.74 Å². The Kier molecular flexibility index (Phi) is 5.62. The first-order valence-electron chi connectivity index (χ1n) is 9.97. The lowest BCUT2D eigenvalue weighted by molar-refractivity contribution is 0.123. The van der Waals surface area contributed by atoms with Gasteiger partial charge in [0.1, 0.15) is 17.5 Å². The number of aromatic nitrogens is 2. The first kappa shape index (κ1) is 19.2. The van der Waals surface area contributed by atoms with E-state index in [0.29, 0.717) is 5.82 Å². The SMILES string of the molecule is Cc1ccc(Nc2cc(Nc3ccccc3N3CCOCC3)nc(C)n2)c(C)c1. The van der Waals surface area contributed by atoms with E-state index in [1.807, 2.05) is 19.1 Å². The van der Waals surface area contributed by atoms with E-state index in [1.54, 1.807) is 0 Å². The number of hydrogen-bond acceptors (Lipinski definition) is 6. The largest absolute Gasteiger partial charge is 0.378 e. The van der Waals surface area contributed by atoms with E-state index in [4.69, 9.17) is 4.74 Å². The molecular weight excluding hydrogens is 362 g/mol. The molecule has 1 saturated heterocycles. The smallest absolute Gasteiger partial charge is 0.136 e. The molecule has 0 saturated carbocycles. The summed E-state index contributed by atoms with van der Waals surface area (Å²) in [6.45, 7) is 9.39. The molecule has 4 rings (SSSR count). The van der Waals surface area contributed by atoms with Crippen molar-refractivity contribution in [2.45, 2.75) is 20.8 Å². The van der Waals surface area contributed by atoms with Crippen molar-refractivity contribution in [2.75, 3.05) is 41.8 Å². The van der Waals surface area contributed by atoms with Gasteiger partial charge >= 0.3 is 0 Å². The highest BCUT2D eigenvalue weighted by Gasteiger charge is 2.15. The molecule has 1 aliphatic heterocycles. The molecule has 1 aliphatic rings. The Balaban J connectivity index is 1.59. The summed E-state index contributed by atoms with van der Waals surface area (Å²) in [5.41, 5.74) is 5.68. The van der Waals surface area contributed by atoms with Gasteiger partial charge in [-0.2, -0.15) is 0 Å². The fourth-order valence-electron chi connectivity index (χ4n) is 3.58. The Morgan fingerprint density at radius 3 is 2.24 bits per heavy atom. The van der Waals surface area contributed by atoms with Crippen LogP contribution in [0.4, 0.5) is 28.7 Å². The third-order valence-corrected chi connectivity index (χ3v) is 5.00. The standard InChI is InChI=1S/C23H27N5O/c1-16-8-9-19(17(2)14-16)26-22-15-23(25-18(3)24-22)27-20-6-4-5-7-21(20)28-10-12-29-13-11-28/h4-9,14-15H,10-13H2,1-3H3,(H2,24,25,26,27). The molecule has 6 nitrogen and oxygen atoms in total. The lowest BCUT2D eigenvalue weighted by Crippen LogP contribution is -2.36. The van der Waals surface area contributed by atoms with E-state index in [0.717, 1.165) is 55.0 Å². The Hall–Kier alpha value is -3.12. The van der Waals surface area contributed by atoms with E-state index in [2.05, 4.69) is 75.7 Å². The number of hydrogen-bond donors (Lipinski definition) is 2. The zero-order valence-corrected chi connectivity index (χ0v) is 17.2. The molecule has 0 atom stereocenters. The molecule has 0 radical (unpaired) electrons. The number of anilines is 5. The van der Waals surface area contributed by atoms with Crippen molar-refractivity contribution >= 4 is 28.7 Å². The molecule has 29 heavy (non-hydrogen) atoms. The molecule has 2 N–H and O–H groups in total. The number of nitrogens with zero attached hydrogens (tertiary/aromatic N) is 3. The van der Waals surface area contributed by atoms with Gasteiger partial charge in [0.15, 0.2) is 0 Å². The predicted octanol–water partition coefficient (Wildman–Crippen LogP) is 4.73. The number of ether oxygens (including phenoxy) is 1. The Labute approximate surface area is 172 Å². The van der Waals surface area contributed by atoms with Crippen LogP contribution in [0.15, 0.2) is 48.5 Å². The van der Waals surface area contributed by atoms with Crippen molar-refractivity contribution in [3.05, 3.63) is 65.5 Å². The highest BCUT2D eigenvalue weighted by molar-refractivity contribution is 5.75. The van der Waals surface area contributed by atoms with Crippen LogP contribution in [0.2, 0.25) is 0 Å². The minimum atomic E-state index is 0.714. The van der Waals surface area contributed by atoms with Gasteiger partial charge in [0.25, 0.3) is 0 Å². The summed E-state index contributed by atoms with van der Waals surface area (Å²) in [5.74, 6) is 2.26. The van der Waals surface area contributed by atoms with E-state index in [-0.39, 0.29) is 0 Å². The molecule has 0 spiro atoms. The van der Waals surface area contributed by atoms with Crippen LogP contribution in [-0.4, -0.2) is 36.3 Å². The number of morpholine rings is 1. The topological polar surface area (TPSA) is 62.3 Å². The summed E-state index contributed by atoms with van der Waals surface area (Å²) in [6.07, 6.45) is 0. The first-order valence-corrected chi connectivity index (χ1v) is 9.97. The molecule has 0 aliphatic carbocycles. The zero-order chi connectivity index (χ0) is 20.2. The average Bonchev–Trinajstić information content (AvgIpc) is 2.71. The van der Waals surface area contributed by atoms with E-state index in [9.17, 15) is 0 Å². The molecular formula is C23H27N5O. The number of benzene rings is 2. The van der Waals surface area contributed by atoms with E-state index < -0.39 is 0 Å². The second-order valence-electron chi connectivity index (χ2n) is 7.37. The van der Waals surface area contributed by atoms with Gasteiger partial charge in [-0.05, 0) is 44.5 Å². The van der Waals surface area contributed by atoms with E-state index in [1.165, 1.54) is 11.1 Å². The summed E-state index contributed by atoms with van der Waals surface area (Å²) in [6, 6.07) is 16.6. The maximum atomic E-state index is 5.49. The molecule has 0 unspecified atom stereocenters. The predicted molar refractivity (Wildman–Crippen MR) is 119 cm³/mol. The molecule has 1 aromatic heterocycles. The van der Waals surface area contributed by atoms with Gasteiger partial charge in [-0.3, -0.25) is 0 Å². The van der Waals surface area contributed by atoms with Gasteiger partial charge in [-0.15, -0.1) is 0 Å². The molecule has 0 amide bonds. The van der Waals surface area contributed by atoms with Crippen LogP contribution in [0.1, 0.15) is 17.0 Å². The van der Waals surface area contributed by atoms with Crippen LogP contribution in [0.5, 0.6) is 0 Å². The summed E-state index contributed by atoms with van der Waals surface area (Å²) in [7, 11) is 0. The molecule has 0 bridgehead atoms. The maximum Gasteiger partial charge on any atom is 0.136 e. The minimum Gasteiger partial charge on any atom is -0.378 e. The van der Waals surface area contributed by atoms with Crippen molar-refractivity contribution < 1.29 is 4.74 Å². The Morgan fingerprint density at radius 1 is 0.828 bits per heavy atom. The molecule has 3 aromatic rings. The molecule has 2 heterocycles. The third-order valence-electron chi connectivity index (χ3n) is 5.00. The van der Waals surface area contributed by atoms with Gasteiger partial charge < -0.3 is 20.3 Å². The van der Waals surface area contributed by atoms with Crippen LogP contribution in [0.25, 0.3) is 0 Å². The van der Waals surface area contributed by atoms with Crippen molar-refractivity contribution in [1.82, 2.24) is 9.97 Å². The lowest BCUT2D eigenvalue weighted by Gasteiger charge is -2.30. The average molecular weight is 390 g/mol. The Bertz CT molecular complexity index is 998. The number of para-hydroxylation sites is 2. The zero-order valence-electron chi connectivity index (χ0n) is 17.2. The summed E-state index contributed by atoms with van der Waals surface area (Å²) < 4.78 is 5.49. The molecule has 1 fully saturated rings. The summed E-state index contributed by atoms with van der Waals surface area (Å²) >= 11 is 0. The summed E-state index contributed by atoms with van der Waals surface area (Å²) in [5, 5.41) is 6.91. The van der Waals surface area contributed by atoms with Crippen molar-refractivity contribution in [3.8, 4) is 0 Å². The highest BCUT2D eigenvalue weighted by Crippen LogP contribution is 2.30. The highest BCUT2D eigenvalue weighted by atomic mass is 16.5. The van der Waals surface area contributed by atoms with Gasteiger partial charge in [-0.25, -0.2) is 9.97 Å². The monoisotopic (exact) mass is 389 g/mol. The first-order chi connectivity index (χ1) is 14.1. The van der Waals surface area contributed by atoms with Gasteiger partial charge in [-0.1, -0.05) is 29.8 Å². The number of aryl methyl sites for hydroxylation is 3. The van der Waals surface area contributed by atoms with Crippen LogP contribution < -0.4 is 15.5 Å². The maximum absolute atomic E-state index is 5.49. The number of nitrogens with one attached hydrogen (secondary N) is 2. The third kappa shape index (κ3) is 4.66. The van der Waals surface area contributed by atoms with Crippen LogP contribution in [0.3, 0.4) is 0 Å². The quantitative estimate of drug-likeness (QED) is 0.658. The van der Waals surface area contributed by atoms with Crippen molar-refractivity contribution in [2.24, 2.45) is 0 Å². The summed E-state index contributed by atoms with van der Waals surface area (Å²) in [4.78, 5) is 11.5. The van der Waals surface area contributed by atoms with Gasteiger partial charge in [0, 0.05) is 24.8 Å². The van der Waals surface area contributed by atoms with E-state index >= 15 is 0 Å². The lowest BCUT2D eigenvalue weighted by atomic mass is 10.1.